The molecule has 21 heavy (non-hydrogen) atoms. The summed E-state index contributed by atoms with van der Waals surface area (Å²) in [6.07, 6.45) is 1.68. The van der Waals surface area contributed by atoms with Crippen molar-refractivity contribution in [1.82, 2.24) is 41.2 Å². The molecule has 2 heterocycles. The second-order valence-electron chi connectivity index (χ2n) is 3.40. The van der Waals surface area contributed by atoms with E-state index in [1.54, 1.807) is 6.21 Å². The number of nitrogens with zero attached hydrogens (tertiary/aromatic N) is 7. The number of hydrazine groups is 1. The average molecular weight is 288 g/mol. The number of hydrogen-bond donors (Lipinski definition) is 5. The zero-order valence-corrected chi connectivity index (χ0v) is 10.7. The topological polar surface area (TPSA) is 171 Å². The highest BCUT2D eigenvalue weighted by Crippen LogP contribution is 1.95. The number of nitrogens with one attached hydrogen (secondary N) is 4. The Bertz CT molecular complexity index is 616. The lowest BCUT2D eigenvalue weighted by Crippen LogP contribution is -2.07. The van der Waals surface area contributed by atoms with Gasteiger partial charge < -0.3 is 0 Å². The molecule has 12 nitrogen and oxygen atoms in total. The van der Waals surface area contributed by atoms with Gasteiger partial charge in [0.25, 0.3) is 11.9 Å². The highest BCUT2D eigenvalue weighted by Gasteiger charge is 1.91. The summed E-state index contributed by atoms with van der Waals surface area (Å²) >= 11 is 0. The molecule has 0 atom stereocenters. The SMILES string of the molecule is C(=N\Nc1nn[nH]n1)/c1ccccc1.NNc1nn[nH]n1. The molecule has 0 aliphatic carbocycles. The van der Waals surface area contributed by atoms with Gasteiger partial charge in [-0.3, -0.25) is 5.43 Å². The maximum Gasteiger partial charge on any atom is 0.283 e. The Kier molecular flexibility index (Phi) is 5.27. The van der Waals surface area contributed by atoms with Crippen LogP contribution in [0, 0.1) is 0 Å². The van der Waals surface area contributed by atoms with Gasteiger partial charge >= 0.3 is 0 Å². The number of rotatable bonds is 4. The average Bonchev–Trinajstić information content (AvgIpc) is 3.22. The van der Waals surface area contributed by atoms with E-state index in [2.05, 4.69) is 57.2 Å². The first-order valence-electron chi connectivity index (χ1n) is 5.66. The van der Waals surface area contributed by atoms with Crippen LogP contribution in [0.2, 0.25) is 0 Å². The van der Waals surface area contributed by atoms with Crippen molar-refractivity contribution >= 4 is 18.1 Å². The summed E-state index contributed by atoms with van der Waals surface area (Å²) in [7, 11) is 0. The van der Waals surface area contributed by atoms with Gasteiger partial charge in [-0.2, -0.15) is 15.5 Å². The Morgan fingerprint density at radius 2 is 1.67 bits per heavy atom. The molecular formula is C9H12N12. The molecule has 0 saturated carbocycles. The standard InChI is InChI=1S/C8H8N6.CH4N6/c1-2-4-7(5-3-1)6-9-10-8-11-13-14-12-8;2-3-1-4-6-7-5-1/h1-6H,(H2,10,11,12,13,14);2H2,(H2,3,4,5,6,7)/b9-6+;. The van der Waals surface area contributed by atoms with E-state index in [4.69, 9.17) is 5.84 Å². The normalized spacial score (nSPS) is 9.95. The Balaban J connectivity index is 0.000000194. The van der Waals surface area contributed by atoms with Crippen molar-refractivity contribution in [1.29, 1.82) is 0 Å². The predicted octanol–water partition coefficient (Wildman–Crippen LogP) is -0.869. The number of nitrogens with two attached hydrogens (primary N) is 1. The minimum atomic E-state index is 0.292. The van der Waals surface area contributed by atoms with Crippen LogP contribution in [0.4, 0.5) is 11.9 Å². The summed E-state index contributed by atoms with van der Waals surface area (Å²) in [6.45, 7) is 0. The van der Waals surface area contributed by atoms with E-state index in [1.807, 2.05) is 30.3 Å². The van der Waals surface area contributed by atoms with Crippen LogP contribution in [0.1, 0.15) is 5.56 Å². The van der Waals surface area contributed by atoms with E-state index in [0.29, 0.717) is 11.9 Å². The molecule has 0 amide bonds. The molecule has 12 heteroatoms. The molecule has 0 unspecified atom stereocenters. The first kappa shape index (κ1) is 14.0. The molecule has 3 aromatic rings. The summed E-state index contributed by atoms with van der Waals surface area (Å²) in [5, 5.41) is 29.3. The van der Waals surface area contributed by atoms with Gasteiger partial charge in [-0.1, -0.05) is 40.5 Å². The lowest BCUT2D eigenvalue weighted by molar-refractivity contribution is 0.881. The number of hydrazone groups is 1. The zero-order chi connectivity index (χ0) is 14.8. The third kappa shape index (κ3) is 4.99. The van der Waals surface area contributed by atoms with Crippen molar-refractivity contribution in [2.45, 2.75) is 0 Å². The fourth-order valence-electron chi connectivity index (χ4n) is 1.14. The van der Waals surface area contributed by atoms with Crippen LogP contribution in [0.25, 0.3) is 0 Å². The fourth-order valence-corrected chi connectivity index (χ4v) is 1.14. The number of aromatic nitrogens is 8. The second-order valence-corrected chi connectivity index (χ2v) is 3.40. The van der Waals surface area contributed by atoms with E-state index in [1.165, 1.54) is 0 Å². The van der Waals surface area contributed by atoms with Crippen LogP contribution in [0.15, 0.2) is 35.4 Å². The molecule has 2 aromatic heterocycles. The smallest absolute Gasteiger partial charge is 0.283 e. The fraction of sp³-hybridized carbons (Fsp3) is 0. The van der Waals surface area contributed by atoms with Gasteiger partial charge in [0.2, 0.25) is 0 Å². The zero-order valence-electron chi connectivity index (χ0n) is 10.7. The molecule has 0 radical (unpaired) electrons. The summed E-state index contributed by atoms with van der Waals surface area (Å²) in [4.78, 5) is 0. The van der Waals surface area contributed by atoms with Crippen molar-refractivity contribution in [3.8, 4) is 0 Å². The van der Waals surface area contributed by atoms with E-state index >= 15 is 0 Å². The molecule has 1 aromatic carbocycles. The third-order valence-electron chi connectivity index (χ3n) is 2.00. The molecule has 6 N–H and O–H groups in total. The van der Waals surface area contributed by atoms with Crippen molar-refractivity contribution < 1.29 is 0 Å². The third-order valence-corrected chi connectivity index (χ3v) is 2.00. The Labute approximate surface area is 118 Å². The van der Waals surface area contributed by atoms with Crippen molar-refractivity contribution in [3.63, 3.8) is 0 Å². The number of aromatic amines is 2. The molecule has 0 spiro atoms. The van der Waals surface area contributed by atoms with Gasteiger partial charge in [-0.05, 0) is 16.0 Å². The lowest BCUT2D eigenvalue weighted by atomic mass is 10.2. The Morgan fingerprint density at radius 1 is 1.00 bits per heavy atom. The minimum Gasteiger partial charge on any atom is -0.290 e. The molecule has 0 bridgehead atoms. The summed E-state index contributed by atoms with van der Waals surface area (Å²) in [5.41, 5.74) is 5.82. The first-order valence-corrected chi connectivity index (χ1v) is 5.66. The molecular weight excluding hydrogens is 276 g/mol. The Morgan fingerprint density at radius 3 is 2.19 bits per heavy atom. The lowest BCUT2D eigenvalue weighted by Gasteiger charge is -1.91. The van der Waals surface area contributed by atoms with Crippen molar-refractivity contribution in [2.24, 2.45) is 10.9 Å². The molecule has 0 aliphatic rings. The van der Waals surface area contributed by atoms with Gasteiger partial charge in [-0.15, -0.1) is 10.2 Å². The predicted molar refractivity (Wildman–Crippen MR) is 73.8 cm³/mol. The monoisotopic (exact) mass is 288 g/mol. The molecule has 108 valence electrons. The van der Waals surface area contributed by atoms with Crippen molar-refractivity contribution in [3.05, 3.63) is 35.9 Å². The second kappa shape index (κ2) is 7.90. The van der Waals surface area contributed by atoms with Crippen LogP contribution >= 0.6 is 0 Å². The Hall–Kier alpha value is -3.41. The van der Waals surface area contributed by atoms with Crippen LogP contribution in [-0.4, -0.2) is 47.5 Å². The number of benzene rings is 1. The van der Waals surface area contributed by atoms with E-state index in [-0.39, 0.29) is 0 Å². The largest absolute Gasteiger partial charge is 0.290 e. The van der Waals surface area contributed by atoms with Gasteiger partial charge in [0.1, 0.15) is 0 Å². The maximum absolute atomic E-state index is 4.86. The summed E-state index contributed by atoms with van der Waals surface area (Å²) < 4.78 is 0. The van der Waals surface area contributed by atoms with Crippen LogP contribution in [0.3, 0.4) is 0 Å². The van der Waals surface area contributed by atoms with E-state index < -0.39 is 0 Å². The van der Waals surface area contributed by atoms with Gasteiger partial charge in [0, 0.05) is 0 Å². The minimum absolute atomic E-state index is 0.292. The van der Waals surface area contributed by atoms with Crippen LogP contribution < -0.4 is 16.7 Å². The number of hydrogen-bond acceptors (Lipinski definition) is 10. The van der Waals surface area contributed by atoms with E-state index in [9.17, 15) is 0 Å². The summed E-state index contributed by atoms with van der Waals surface area (Å²) in [5.74, 6) is 5.50. The number of nitrogen functional groups attached to an aromatic ring is 1. The first-order chi connectivity index (χ1) is 10.4. The maximum atomic E-state index is 4.86. The molecule has 0 aliphatic heterocycles. The van der Waals surface area contributed by atoms with Gasteiger partial charge in [0.05, 0.1) is 6.21 Å². The van der Waals surface area contributed by atoms with Gasteiger partial charge in [0.15, 0.2) is 0 Å². The number of H-pyrrole nitrogens is 2. The molecule has 0 fully saturated rings. The van der Waals surface area contributed by atoms with Crippen LogP contribution in [-0.2, 0) is 0 Å². The van der Waals surface area contributed by atoms with Gasteiger partial charge in [-0.25, -0.2) is 11.3 Å². The van der Waals surface area contributed by atoms with E-state index in [0.717, 1.165) is 5.56 Å². The molecule has 0 saturated heterocycles. The molecule has 3 rings (SSSR count). The highest BCUT2D eigenvalue weighted by atomic mass is 15.5. The number of tetrazole rings is 2. The highest BCUT2D eigenvalue weighted by molar-refractivity contribution is 5.79. The van der Waals surface area contributed by atoms with Crippen molar-refractivity contribution in [2.75, 3.05) is 10.9 Å². The van der Waals surface area contributed by atoms with Crippen LogP contribution in [0.5, 0.6) is 0 Å². The summed E-state index contributed by atoms with van der Waals surface area (Å²) in [6, 6.07) is 9.72. The number of anilines is 2. The quantitative estimate of drug-likeness (QED) is 0.232.